The summed E-state index contributed by atoms with van der Waals surface area (Å²) in [5.74, 6) is 6.02. The van der Waals surface area contributed by atoms with E-state index < -0.39 is 0 Å². The number of ether oxygens (including phenoxy) is 3. The van der Waals surface area contributed by atoms with Gasteiger partial charge < -0.3 is 14.2 Å². The largest absolute Gasteiger partial charge is 0.381 e. The maximum atomic E-state index is 6.25. The highest BCUT2D eigenvalue weighted by atomic mass is 16.7. The summed E-state index contributed by atoms with van der Waals surface area (Å²) in [6.45, 7) is 12.1. The molecule has 0 aromatic carbocycles. The van der Waals surface area contributed by atoms with Crippen LogP contribution in [-0.4, -0.2) is 32.7 Å². The van der Waals surface area contributed by atoms with Gasteiger partial charge in [-0.15, -0.1) is 0 Å². The van der Waals surface area contributed by atoms with Crippen LogP contribution in [0.2, 0.25) is 0 Å². The van der Waals surface area contributed by atoms with Crippen molar-refractivity contribution in [3.63, 3.8) is 0 Å². The second-order valence-corrected chi connectivity index (χ2v) is 14.6. The van der Waals surface area contributed by atoms with Crippen molar-refractivity contribution >= 4 is 0 Å². The molecule has 3 heteroatoms. The molecule has 11 atom stereocenters. The highest BCUT2D eigenvalue weighted by Gasteiger charge is 2.62. The van der Waals surface area contributed by atoms with Crippen LogP contribution in [0.1, 0.15) is 124 Å². The van der Waals surface area contributed by atoms with Crippen molar-refractivity contribution in [3.05, 3.63) is 0 Å². The Hall–Kier alpha value is -0.120. The summed E-state index contributed by atoms with van der Waals surface area (Å²) < 4.78 is 18.1. The molecule has 36 heavy (non-hydrogen) atoms. The third-order valence-corrected chi connectivity index (χ3v) is 12.7. The number of hydrogen-bond donors (Lipinski definition) is 0. The van der Waals surface area contributed by atoms with Crippen molar-refractivity contribution in [2.75, 3.05) is 20.3 Å². The molecule has 0 unspecified atom stereocenters. The van der Waals surface area contributed by atoms with Gasteiger partial charge in [-0.25, -0.2) is 0 Å². The van der Waals surface area contributed by atoms with Crippen LogP contribution in [0, 0.1) is 52.3 Å². The van der Waals surface area contributed by atoms with Gasteiger partial charge in [-0.05, 0) is 123 Å². The smallest absolute Gasteiger partial charge is 0.157 e. The average molecular weight is 503 g/mol. The Kier molecular flexibility index (Phi) is 8.80. The number of methoxy groups -OCH3 is 1. The molecule has 4 aliphatic carbocycles. The first-order chi connectivity index (χ1) is 17.4. The Labute approximate surface area is 223 Å². The van der Waals surface area contributed by atoms with Gasteiger partial charge in [-0.3, -0.25) is 0 Å². The van der Waals surface area contributed by atoms with Crippen LogP contribution in [0.5, 0.6) is 0 Å². The minimum atomic E-state index is 0.0641. The maximum Gasteiger partial charge on any atom is 0.157 e. The Morgan fingerprint density at radius 2 is 1.64 bits per heavy atom. The molecule has 208 valence electrons. The first-order valence-corrected chi connectivity index (χ1v) is 16.1. The fraction of sp³-hybridized carbons (Fsp3) is 1.00. The van der Waals surface area contributed by atoms with E-state index in [0.29, 0.717) is 22.9 Å². The van der Waals surface area contributed by atoms with Gasteiger partial charge in [0, 0.05) is 13.7 Å². The molecular weight excluding hydrogens is 444 g/mol. The zero-order chi connectivity index (χ0) is 25.3. The first kappa shape index (κ1) is 27.4. The predicted molar refractivity (Wildman–Crippen MR) is 148 cm³/mol. The lowest BCUT2D eigenvalue weighted by Crippen LogP contribution is -2.57. The van der Waals surface area contributed by atoms with Crippen LogP contribution >= 0.6 is 0 Å². The molecule has 0 bridgehead atoms. The van der Waals surface area contributed by atoms with Crippen LogP contribution in [0.3, 0.4) is 0 Å². The molecule has 4 saturated carbocycles. The number of fused-ring (bicyclic) bond motifs is 5. The molecule has 5 fully saturated rings. The molecule has 0 radical (unpaired) electrons. The third kappa shape index (κ3) is 5.21. The van der Waals surface area contributed by atoms with Gasteiger partial charge in [-0.2, -0.15) is 0 Å². The lowest BCUT2D eigenvalue weighted by atomic mass is 9.44. The van der Waals surface area contributed by atoms with Crippen LogP contribution in [0.25, 0.3) is 0 Å². The second kappa shape index (κ2) is 11.5. The van der Waals surface area contributed by atoms with Gasteiger partial charge in [0.15, 0.2) is 6.29 Å². The molecule has 1 heterocycles. The number of hydrogen-bond acceptors (Lipinski definition) is 3. The average Bonchev–Trinajstić information content (AvgIpc) is 3.24. The van der Waals surface area contributed by atoms with E-state index in [1.54, 1.807) is 0 Å². The summed E-state index contributed by atoms with van der Waals surface area (Å²) in [5.41, 5.74) is 1.09. The highest BCUT2D eigenvalue weighted by molar-refractivity contribution is 5.11. The van der Waals surface area contributed by atoms with Crippen LogP contribution in [0.4, 0.5) is 0 Å². The molecule has 0 amide bonds. The molecule has 1 aliphatic heterocycles. The Morgan fingerprint density at radius 3 is 2.42 bits per heavy atom. The lowest BCUT2D eigenvalue weighted by Gasteiger charge is -2.62. The van der Waals surface area contributed by atoms with E-state index in [1.165, 1.54) is 89.9 Å². The van der Waals surface area contributed by atoms with Crippen molar-refractivity contribution in [1.82, 2.24) is 0 Å². The van der Waals surface area contributed by atoms with Crippen LogP contribution in [0.15, 0.2) is 0 Å². The minimum absolute atomic E-state index is 0.0641. The molecule has 0 N–H and O–H groups in total. The molecule has 0 aromatic rings. The third-order valence-electron chi connectivity index (χ3n) is 12.7. The summed E-state index contributed by atoms with van der Waals surface area (Å²) in [5, 5.41) is 0. The van der Waals surface area contributed by atoms with E-state index in [-0.39, 0.29) is 6.29 Å². The van der Waals surface area contributed by atoms with Gasteiger partial charge in [0.2, 0.25) is 0 Å². The molecule has 1 saturated heterocycles. The second-order valence-electron chi connectivity index (χ2n) is 14.6. The van der Waals surface area contributed by atoms with Crippen molar-refractivity contribution in [2.24, 2.45) is 52.3 Å². The van der Waals surface area contributed by atoms with Crippen molar-refractivity contribution < 1.29 is 14.2 Å². The van der Waals surface area contributed by atoms with Gasteiger partial charge in [0.05, 0.1) is 12.7 Å². The van der Waals surface area contributed by atoms with Gasteiger partial charge in [-0.1, -0.05) is 53.4 Å². The van der Waals surface area contributed by atoms with E-state index in [2.05, 4.69) is 27.7 Å². The van der Waals surface area contributed by atoms with E-state index in [0.717, 1.165) is 55.1 Å². The summed E-state index contributed by atoms with van der Waals surface area (Å²) in [4.78, 5) is 0. The maximum absolute atomic E-state index is 6.25. The van der Waals surface area contributed by atoms with Gasteiger partial charge in [0.1, 0.15) is 0 Å². The summed E-state index contributed by atoms with van der Waals surface area (Å²) in [6, 6.07) is 0. The monoisotopic (exact) mass is 502 g/mol. The van der Waals surface area contributed by atoms with Crippen LogP contribution < -0.4 is 0 Å². The topological polar surface area (TPSA) is 27.7 Å². The van der Waals surface area contributed by atoms with E-state index in [9.17, 15) is 0 Å². The van der Waals surface area contributed by atoms with E-state index >= 15 is 0 Å². The summed E-state index contributed by atoms with van der Waals surface area (Å²) >= 11 is 0. The minimum Gasteiger partial charge on any atom is -0.381 e. The zero-order valence-electron chi connectivity index (χ0n) is 24.4. The quantitative estimate of drug-likeness (QED) is 0.316. The molecule has 5 aliphatic rings. The summed E-state index contributed by atoms with van der Waals surface area (Å²) in [6.07, 6.45) is 21.2. The fourth-order valence-corrected chi connectivity index (χ4v) is 10.7. The SMILES string of the molecule is CO[C@H]1C[C@H]2[C@@H](CC[C@@]3(C)[C@@H]2CC[C@H]3[C@H](C)CCC[C@@H](C)CO[C@H]2CCCCO2)[C@@]2(C)CCCC[C@H]12. The first-order valence-electron chi connectivity index (χ1n) is 16.1. The molecule has 3 nitrogen and oxygen atoms in total. The fourth-order valence-electron chi connectivity index (χ4n) is 10.7. The molecule has 0 aromatic heterocycles. The van der Waals surface area contributed by atoms with Crippen LogP contribution in [-0.2, 0) is 14.2 Å². The van der Waals surface area contributed by atoms with Crippen molar-refractivity contribution in [3.8, 4) is 0 Å². The zero-order valence-corrected chi connectivity index (χ0v) is 24.4. The molecular formula is C33H58O3. The Balaban J connectivity index is 1.15. The molecule has 0 spiro atoms. The normalized spacial score (nSPS) is 46.4. The lowest BCUT2D eigenvalue weighted by molar-refractivity contribution is -0.168. The number of rotatable bonds is 9. The van der Waals surface area contributed by atoms with Crippen molar-refractivity contribution in [1.29, 1.82) is 0 Å². The standard InChI is InChI=1S/C33H58O3/c1-23(22-36-31-14-7-9-20-35-31)11-10-12-24(2)26-15-16-27-25-21-30(34-5)29-13-6-8-18-32(29,3)28(25)17-19-33(26,27)4/h23-31H,6-22H2,1-5H3/t23-,24-,25-,26+,27-,28-,29-,30+,31+,32-,33-/m1/s1. The van der Waals surface area contributed by atoms with E-state index in [1.807, 2.05) is 7.11 Å². The Morgan fingerprint density at radius 1 is 0.833 bits per heavy atom. The highest BCUT2D eigenvalue weighted by Crippen LogP contribution is 2.68. The van der Waals surface area contributed by atoms with E-state index in [4.69, 9.17) is 14.2 Å². The molecule has 5 rings (SSSR count). The van der Waals surface area contributed by atoms with Gasteiger partial charge >= 0.3 is 0 Å². The predicted octanol–water partition coefficient (Wildman–Crippen LogP) is 8.65. The Bertz CT molecular complexity index is 703. The summed E-state index contributed by atoms with van der Waals surface area (Å²) in [7, 11) is 2.01. The van der Waals surface area contributed by atoms with Crippen molar-refractivity contribution in [2.45, 2.75) is 136 Å². The van der Waals surface area contributed by atoms with Gasteiger partial charge in [0.25, 0.3) is 0 Å².